The molecule has 3 N–H and O–H groups in total. The zero-order chi connectivity index (χ0) is 16.7. The monoisotopic (exact) mass is 319 g/mol. The van der Waals surface area contributed by atoms with Crippen LogP contribution in [-0.2, 0) is 12.8 Å². The Hall–Kier alpha value is -2.75. The van der Waals surface area contributed by atoms with Gasteiger partial charge in [0.25, 0.3) is 0 Å². The fourth-order valence-electron chi connectivity index (χ4n) is 3.48. The van der Waals surface area contributed by atoms with Crippen molar-refractivity contribution in [3.8, 4) is 0 Å². The van der Waals surface area contributed by atoms with Crippen molar-refractivity contribution in [3.63, 3.8) is 0 Å². The van der Waals surface area contributed by atoms with E-state index in [-0.39, 0.29) is 12.1 Å². The number of rotatable bonds is 2. The number of aromatic nitrogens is 1. The molecule has 1 aliphatic rings. The molecular formula is C20H21N3O. The summed E-state index contributed by atoms with van der Waals surface area (Å²) < 4.78 is 0. The zero-order valence-electron chi connectivity index (χ0n) is 13.9. The summed E-state index contributed by atoms with van der Waals surface area (Å²) in [6.45, 7) is 4.14. The Labute approximate surface area is 141 Å². The summed E-state index contributed by atoms with van der Waals surface area (Å²) in [5.74, 6) is 0. The van der Waals surface area contributed by atoms with Crippen molar-refractivity contribution >= 4 is 22.6 Å². The number of H-pyrrole nitrogens is 1. The van der Waals surface area contributed by atoms with Gasteiger partial charge in [-0.25, -0.2) is 4.79 Å². The van der Waals surface area contributed by atoms with Crippen molar-refractivity contribution in [2.45, 2.75) is 32.7 Å². The van der Waals surface area contributed by atoms with E-state index in [1.54, 1.807) is 0 Å². The molecule has 0 aliphatic heterocycles. The van der Waals surface area contributed by atoms with Gasteiger partial charge in [-0.3, -0.25) is 0 Å². The first-order valence-corrected chi connectivity index (χ1v) is 8.33. The number of hydrogen-bond acceptors (Lipinski definition) is 1. The van der Waals surface area contributed by atoms with E-state index in [4.69, 9.17) is 0 Å². The SMILES string of the molecule is Cc1ccc(NC(=O)NC2Cc3[nH]c4ccc(C)cc4c3C2)cc1. The Morgan fingerprint density at radius 1 is 1.04 bits per heavy atom. The Balaban J connectivity index is 1.44. The second-order valence-corrected chi connectivity index (χ2v) is 6.70. The molecule has 1 unspecified atom stereocenters. The number of anilines is 1. The summed E-state index contributed by atoms with van der Waals surface area (Å²) in [5.41, 5.74) is 7.03. The Kier molecular flexibility index (Phi) is 3.53. The molecule has 3 aromatic rings. The van der Waals surface area contributed by atoms with Crippen molar-refractivity contribution in [2.24, 2.45) is 0 Å². The highest BCUT2D eigenvalue weighted by atomic mass is 16.2. The summed E-state index contributed by atoms with van der Waals surface area (Å²) in [4.78, 5) is 15.7. The average molecular weight is 319 g/mol. The number of carbonyl (C=O) groups excluding carboxylic acids is 1. The van der Waals surface area contributed by atoms with Crippen molar-refractivity contribution < 1.29 is 4.79 Å². The second-order valence-electron chi connectivity index (χ2n) is 6.70. The lowest BCUT2D eigenvalue weighted by atomic mass is 10.1. The van der Waals surface area contributed by atoms with Crippen LogP contribution in [0.25, 0.3) is 10.9 Å². The van der Waals surface area contributed by atoms with Crippen molar-refractivity contribution in [3.05, 3.63) is 64.8 Å². The number of benzene rings is 2. The van der Waals surface area contributed by atoms with Gasteiger partial charge in [0, 0.05) is 34.7 Å². The van der Waals surface area contributed by atoms with Crippen LogP contribution in [0.5, 0.6) is 0 Å². The smallest absolute Gasteiger partial charge is 0.319 e. The molecule has 4 rings (SSSR count). The third-order valence-corrected chi connectivity index (χ3v) is 4.70. The van der Waals surface area contributed by atoms with Crippen LogP contribution < -0.4 is 10.6 Å². The maximum absolute atomic E-state index is 12.2. The molecule has 4 nitrogen and oxygen atoms in total. The molecule has 0 saturated heterocycles. The van der Waals surface area contributed by atoms with E-state index in [0.29, 0.717) is 0 Å². The molecule has 0 saturated carbocycles. The topological polar surface area (TPSA) is 56.9 Å². The summed E-state index contributed by atoms with van der Waals surface area (Å²) in [6.07, 6.45) is 1.73. The van der Waals surface area contributed by atoms with Crippen molar-refractivity contribution in [1.82, 2.24) is 10.3 Å². The molecule has 0 fully saturated rings. The molecule has 24 heavy (non-hydrogen) atoms. The van der Waals surface area contributed by atoms with Crippen molar-refractivity contribution in [2.75, 3.05) is 5.32 Å². The number of aryl methyl sites for hydroxylation is 2. The largest absolute Gasteiger partial charge is 0.358 e. The lowest BCUT2D eigenvalue weighted by Gasteiger charge is -2.13. The minimum Gasteiger partial charge on any atom is -0.358 e. The number of carbonyl (C=O) groups is 1. The predicted molar refractivity (Wildman–Crippen MR) is 97.6 cm³/mol. The first-order valence-electron chi connectivity index (χ1n) is 8.33. The predicted octanol–water partition coefficient (Wildman–Crippen LogP) is 4.07. The first kappa shape index (κ1) is 14.8. The average Bonchev–Trinajstić information content (AvgIpc) is 3.07. The quantitative estimate of drug-likeness (QED) is 0.655. The first-order chi connectivity index (χ1) is 11.6. The number of amides is 2. The van der Waals surface area contributed by atoms with E-state index in [0.717, 1.165) is 18.5 Å². The summed E-state index contributed by atoms with van der Waals surface area (Å²) in [5, 5.41) is 7.27. The van der Waals surface area contributed by atoms with Crippen molar-refractivity contribution in [1.29, 1.82) is 0 Å². The second kappa shape index (κ2) is 5.71. The standard InChI is InChI=1S/C20H21N3O/c1-12-3-6-14(7-4-12)21-20(24)22-15-10-17-16-9-13(2)5-8-18(16)23-19(17)11-15/h3-9,15,23H,10-11H2,1-2H3,(H2,21,22,24). The van der Waals surface area contributed by atoms with Crippen LogP contribution in [-0.4, -0.2) is 17.1 Å². The van der Waals surface area contributed by atoms with Crippen LogP contribution in [0.2, 0.25) is 0 Å². The Morgan fingerprint density at radius 2 is 1.79 bits per heavy atom. The van der Waals surface area contributed by atoms with Gasteiger partial charge in [-0.2, -0.15) is 0 Å². The van der Waals surface area contributed by atoms with Crippen LogP contribution >= 0.6 is 0 Å². The van der Waals surface area contributed by atoms with Gasteiger partial charge in [0.15, 0.2) is 0 Å². The van der Waals surface area contributed by atoms with Crippen LogP contribution in [0.15, 0.2) is 42.5 Å². The minimum absolute atomic E-state index is 0.140. The normalized spacial score (nSPS) is 16.2. The molecule has 1 atom stereocenters. The highest BCUT2D eigenvalue weighted by Gasteiger charge is 2.26. The lowest BCUT2D eigenvalue weighted by molar-refractivity contribution is 0.249. The van der Waals surface area contributed by atoms with E-state index >= 15 is 0 Å². The van der Waals surface area contributed by atoms with Gasteiger partial charge in [-0.1, -0.05) is 29.3 Å². The Morgan fingerprint density at radius 3 is 2.58 bits per heavy atom. The number of fused-ring (bicyclic) bond motifs is 3. The van der Waals surface area contributed by atoms with E-state index in [2.05, 4.69) is 40.7 Å². The van der Waals surface area contributed by atoms with E-state index < -0.39 is 0 Å². The van der Waals surface area contributed by atoms with Gasteiger partial charge in [0.1, 0.15) is 0 Å². The third-order valence-electron chi connectivity index (χ3n) is 4.70. The molecule has 0 bridgehead atoms. The molecule has 4 heteroatoms. The van der Waals surface area contributed by atoms with Crippen LogP contribution in [0.4, 0.5) is 10.5 Å². The number of hydrogen-bond donors (Lipinski definition) is 3. The molecule has 2 amide bonds. The maximum atomic E-state index is 12.2. The number of urea groups is 1. The van der Waals surface area contributed by atoms with E-state index in [1.807, 2.05) is 31.2 Å². The maximum Gasteiger partial charge on any atom is 0.319 e. The highest BCUT2D eigenvalue weighted by molar-refractivity contribution is 5.90. The molecule has 1 heterocycles. The van der Waals surface area contributed by atoms with Gasteiger partial charge in [-0.05, 0) is 50.1 Å². The minimum atomic E-state index is -0.144. The highest BCUT2D eigenvalue weighted by Crippen LogP contribution is 2.30. The number of aromatic amines is 1. The molecule has 1 aromatic heterocycles. The third kappa shape index (κ3) is 2.75. The zero-order valence-corrected chi connectivity index (χ0v) is 13.9. The molecule has 1 aliphatic carbocycles. The number of nitrogens with one attached hydrogen (secondary N) is 3. The van der Waals surface area contributed by atoms with Crippen LogP contribution in [0, 0.1) is 13.8 Å². The van der Waals surface area contributed by atoms with Gasteiger partial charge in [0.2, 0.25) is 0 Å². The lowest BCUT2D eigenvalue weighted by Crippen LogP contribution is -2.38. The van der Waals surface area contributed by atoms with E-state index in [1.165, 1.54) is 33.3 Å². The van der Waals surface area contributed by atoms with Gasteiger partial charge < -0.3 is 15.6 Å². The van der Waals surface area contributed by atoms with Crippen LogP contribution in [0.1, 0.15) is 22.4 Å². The summed E-state index contributed by atoms with van der Waals surface area (Å²) >= 11 is 0. The molecule has 0 radical (unpaired) electrons. The van der Waals surface area contributed by atoms with Gasteiger partial charge in [0.05, 0.1) is 0 Å². The molecule has 2 aromatic carbocycles. The Bertz CT molecular complexity index is 909. The summed E-state index contributed by atoms with van der Waals surface area (Å²) in [7, 11) is 0. The van der Waals surface area contributed by atoms with Crippen LogP contribution in [0.3, 0.4) is 0 Å². The molecule has 0 spiro atoms. The molecule has 122 valence electrons. The summed E-state index contributed by atoms with van der Waals surface area (Å²) in [6, 6.07) is 14.3. The van der Waals surface area contributed by atoms with Gasteiger partial charge >= 0.3 is 6.03 Å². The molecular weight excluding hydrogens is 298 g/mol. The fourth-order valence-corrected chi connectivity index (χ4v) is 3.48. The fraction of sp³-hybridized carbons (Fsp3) is 0.250. The van der Waals surface area contributed by atoms with E-state index in [9.17, 15) is 4.79 Å². The van der Waals surface area contributed by atoms with Gasteiger partial charge in [-0.15, -0.1) is 0 Å².